The minimum Gasteiger partial charge on any atom is -0.378 e. The summed E-state index contributed by atoms with van der Waals surface area (Å²) in [5, 5.41) is 3.62. The Morgan fingerprint density at radius 2 is 1.72 bits per heavy atom. The molecule has 0 saturated heterocycles. The predicted molar refractivity (Wildman–Crippen MR) is 76.8 cm³/mol. The van der Waals surface area contributed by atoms with Crippen LogP contribution in [0.5, 0.6) is 0 Å². The van der Waals surface area contributed by atoms with Gasteiger partial charge in [0.05, 0.1) is 12.7 Å². The lowest BCUT2D eigenvalue weighted by atomic mass is 9.76. The molecular weight excluding hydrogens is 222 g/mol. The average Bonchev–Trinajstić information content (AvgIpc) is 3.09. The highest BCUT2D eigenvalue weighted by atomic mass is 16.5. The third-order valence-corrected chi connectivity index (χ3v) is 4.44. The van der Waals surface area contributed by atoms with E-state index >= 15 is 0 Å². The normalized spacial score (nSPS) is 25.3. The molecule has 2 heteroatoms. The second-order valence-electron chi connectivity index (χ2n) is 7.99. The fourth-order valence-electron chi connectivity index (χ4n) is 2.64. The second kappa shape index (κ2) is 5.50. The lowest BCUT2D eigenvalue weighted by Gasteiger charge is -2.36. The number of hydrogen-bond acceptors (Lipinski definition) is 2. The van der Waals surface area contributed by atoms with E-state index in [1.807, 2.05) is 0 Å². The van der Waals surface area contributed by atoms with Gasteiger partial charge in [0, 0.05) is 18.0 Å². The molecule has 0 bridgehead atoms. The highest BCUT2D eigenvalue weighted by molar-refractivity contribution is 4.84. The first kappa shape index (κ1) is 14.3. The van der Waals surface area contributed by atoms with Crippen LogP contribution in [0.1, 0.15) is 66.2 Å². The molecule has 2 fully saturated rings. The van der Waals surface area contributed by atoms with Gasteiger partial charge >= 0.3 is 0 Å². The number of ether oxygens (including phenoxy) is 1. The monoisotopic (exact) mass is 253 g/mol. The molecule has 2 rings (SSSR count). The standard InChI is InChI=1S/C16H31NO/c1-15(2)9-7-14(8-10-15)18-12-16(3,4)11-17-13-5-6-13/h13-14,17H,5-12H2,1-4H3. The molecule has 0 heterocycles. The van der Waals surface area contributed by atoms with Crippen molar-refractivity contribution in [2.45, 2.75) is 78.4 Å². The zero-order valence-electron chi connectivity index (χ0n) is 12.7. The molecule has 0 unspecified atom stereocenters. The molecule has 18 heavy (non-hydrogen) atoms. The zero-order valence-corrected chi connectivity index (χ0v) is 12.7. The van der Waals surface area contributed by atoms with Gasteiger partial charge in [-0.25, -0.2) is 0 Å². The molecule has 0 atom stereocenters. The van der Waals surface area contributed by atoms with E-state index in [2.05, 4.69) is 33.0 Å². The van der Waals surface area contributed by atoms with Crippen molar-refractivity contribution in [3.63, 3.8) is 0 Å². The summed E-state index contributed by atoms with van der Waals surface area (Å²) in [6.45, 7) is 11.4. The molecule has 0 aromatic carbocycles. The Morgan fingerprint density at radius 1 is 1.11 bits per heavy atom. The molecule has 2 aliphatic rings. The lowest BCUT2D eigenvalue weighted by Crippen LogP contribution is -2.36. The van der Waals surface area contributed by atoms with Crippen molar-refractivity contribution in [3.05, 3.63) is 0 Å². The van der Waals surface area contributed by atoms with Crippen molar-refractivity contribution >= 4 is 0 Å². The Balaban J connectivity index is 1.64. The lowest BCUT2D eigenvalue weighted by molar-refractivity contribution is -0.0305. The number of nitrogens with one attached hydrogen (secondary N) is 1. The van der Waals surface area contributed by atoms with Crippen LogP contribution in [0.15, 0.2) is 0 Å². The van der Waals surface area contributed by atoms with Crippen molar-refractivity contribution in [3.8, 4) is 0 Å². The van der Waals surface area contributed by atoms with Crippen LogP contribution in [-0.2, 0) is 4.74 Å². The molecule has 0 radical (unpaired) electrons. The maximum atomic E-state index is 6.15. The van der Waals surface area contributed by atoms with Crippen LogP contribution < -0.4 is 5.32 Å². The number of hydrogen-bond donors (Lipinski definition) is 1. The predicted octanol–water partition coefficient (Wildman–Crippen LogP) is 3.75. The fraction of sp³-hybridized carbons (Fsp3) is 1.00. The molecule has 1 N–H and O–H groups in total. The van der Waals surface area contributed by atoms with Crippen molar-refractivity contribution in [1.82, 2.24) is 5.32 Å². The molecule has 0 amide bonds. The molecule has 0 aromatic heterocycles. The van der Waals surface area contributed by atoms with E-state index in [9.17, 15) is 0 Å². The van der Waals surface area contributed by atoms with Gasteiger partial charge in [-0.3, -0.25) is 0 Å². The first-order chi connectivity index (χ1) is 8.36. The van der Waals surface area contributed by atoms with Gasteiger partial charge in [0.25, 0.3) is 0 Å². The summed E-state index contributed by atoms with van der Waals surface area (Å²) in [4.78, 5) is 0. The summed E-state index contributed by atoms with van der Waals surface area (Å²) in [6, 6.07) is 0.805. The quantitative estimate of drug-likeness (QED) is 0.778. The average molecular weight is 253 g/mol. The van der Waals surface area contributed by atoms with Crippen molar-refractivity contribution in [2.75, 3.05) is 13.2 Å². The Bertz CT molecular complexity index is 258. The second-order valence-corrected chi connectivity index (χ2v) is 7.99. The Hall–Kier alpha value is -0.0800. The summed E-state index contributed by atoms with van der Waals surface area (Å²) in [5.41, 5.74) is 0.818. The third kappa shape index (κ3) is 4.89. The summed E-state index contributed by atoms with van der Waals surface area (Å²) in [7, 11) is 0. The molecule has 2 saturated carbocycles. The van der Waals surface area contributed by atoms with Gasteiger partial charge in [0.15, 0.2) is 0 Å². The van der Waals surface area contributed by atoms with Gasteiger partial charge in [-0.15, -0.1) is 0 Å². The summed E-state index contributed by atoms with van der Waals surface area (Å²) < 4.78 is 6.15. The first-order valence-electron chi connectivity index (χ1n) is 7.71. The van der Waals surface area contributed by atoms with Crippen LogP contribution in [0, 0.1) is 10.8 Å². The molecule has 0 aromatic rings. The van der Waals surface area contributed by atoms with E-state index in [0.717, 1.165) is 19.2 Å². The van der Waals surface area contributed by atoms with Crippen LogP contribution in [-0.4, -0.2) is 25.3 Å². The van der Waals surface area contributed by atoms with Gasteiger partial charge < -0.3 is 10.1 Å². The highest BCUT2D eigenvalue weighted by Crippen LogP contribution is 2.36. The third-order valence-electron chi connectivity index (χ3n) is 4.44. The zero-order chi connectivity index (χ0) is 13.2. The van der Waals surface area contributed by atoms with Crippen LogP contribution in [0.4, 0.5) is 0 Å². The minimum atomic E-state index is 0.273. The SMILES string of the molecule is CC1(C)CCC(OCC(C)(C)CNC2CC2)CC1. The summed E-state index contributed by atoms with van der Waals surface area (Å²) >= 11 is 0. The van der Waals surface area contributed by atoms with E-state index in [4.69, 9.17) is 4.74 Å². The Labute approximate surface area is 113 Å². The van der Waals surface area contributed by atoms with Crippen LogP contribution in [0.2, 0.25) is 0 Å². The molecule has 2 nitrogen and oxygen atoms in total. The fourth-order valence-corrected chi connectivity index (χ4v) is 2.64. The largest absolute Gasteiger partial charge is 0.378 e. The van der Waals surface area contributed by atoms with E-state index in [1.165, 1.54) is 38.5 Å². The van der Waals surface area contributed by atoms with Gasteiger partial charge in [0.1, 0.15) is 0 Å². The first-order valence-corrected chi connectivity index (χ1v) is 7.71. The molecule has 0 spiro atoms. The molecule has 0 aliphatic heterocycles. The number of rotatable bonds is 6. The Morgan fingerprint density at radius 3 is 2.28 bits per heavy atom. The van der Waals surface area contributed by atoms with Crippen LogP contribution >= 0.6 is 0 Å². The van der Waals surface area contributed by atoms with Gasteiger partial charge in [-0.2, -0.15) is 0 Å². The van der Waals surface area contributed by atoms with Gasteiger partial charge in [-0.05, 0) is 43.9 Å². The smallest absolute Gasteiger partial charge is 0.0575 e. The van der Waals surface area contributed by atoms with E-state index < -0.39 is 0 Å². The summed E-state index contributed by atoms with van der Waals surface area (Å²) in [5.74, 6) is 0. The molecule has 106 valence electrons. The minimum absolute atomic E-state index is 0.273. The van der Waals surface area contributed by atoms with E-state index in [1.54, 1.807) is 0 Å². The van der Waals surface area contributed by atoms with Crippen molar-refractivity contribution < 1.29 is 4.74 Å². The van der Waals surface area contributed by atoms with Crippen molar-refractivity contribution in [1.29, 1.82) is 0 Å². The highest BCUT2D eigenvalue weighted by Gasteiger charge is 2.29. The van der Waals surface area contributed by atoms with E-state index in [0.29, 0.717) is 11.5 Å². The molecular formula is C16H31NO. The van der Waals surface area contributed by atoms with Crippen LogP contribution in [0.25, 0.3) is 0 Å². The topological polar surface area (TPSA) is 21.3 Å². The summed E-state index contributed by atoms with van der Waals surface area (Å²) in [6.07, 6.45) is 8.39. The molecule has 2 aliphatic carbocycles. The van der Waals surface area contributed by atoms with Gasteiger partial charge in [0.2, 0.25) is 0 Å². The van der Waals surface area contributed by atoms with Gasteiger partial charge in [-0.1, -0.05) is 27.7 Å². The maximum Gasteiger partial charge on any atom is 0.0575 e. The van der Waals surface area contributed by atoms with E-state index in [-0.39, 0.29) is 5.41 Å². The Kier molecular flexibility index (Phi) is 4.38. The van der Waals surface area contributed by atoms with Crippen LogP contribution in [0.3, 0.4) is 0 Å². The maximum absolute atomic E-state index is 6.15. The van der Waals surface area contributed by atoms with Crippen molar-refractivity contribution in [2.24, 2.45) is 10.8 Å².